The largest absolute Gasteiger partial charge is 0.462 e. The summed E-state index contributed by atoms with van der Waals surface area (Å²) in [6, 6.07) is 29.1. The fourth-order valence-corrected chi connectivity index (χ4v) is 5.64. The van der Waals surface area contributed by atoms with Crippen molar-refractivity contribution in [1.29, 1.82) is 0 Å². The highest BCUT2D eigenvalue weighted by Gasteiger charge is 2.25. The minimum absolute atomic E-state index is 0.0211. The van der Waals surface area contributed by atoms with Gasteiger partial charge in [0.05, 0.1) is 24.5 Å². The maximum atomic E-state index is 14.9. The second-order valence-electron chi connectivity index (χ2n) is 11.5. The summed E-state index contributed by atoms with van der Waals surface area (Å²) < 4.78 is 37.7. The van der Waals surface area contributed by atoms with E-state index in [1.807, 2.05) is 48.3 Å². The maximum Gasteiger partial charge on any atom is 0.345 e. The van der Waals surface area contributed by atoms with Crippen LogP contribution in [0.1, 0.15) is 44.5 Å². The zero-order valence-electron chi connectivity index (χ0n) is 26.9. The molecule has 9 nitrogen and oxygen atoms in total. The van der Waals surface area contributed by atoms with Crippen LogP contribution in [0.4, 0.5) is 14.5 Å². The minimum atomic E-state index is -0.866. The number of aromatic nitrogens is 3. The Bertz CT molecular complexity index is 2160. The van der Waals surface area contributed by atoms with E-state index in [2.05, 4.69) is 5.32 Å². The predicted octanol–water partition coefficient (Wildman–Crippen LogP) is 6.55. The molecule has 1 N–H and O–H groups in total. The number of hydrogen-bond donors (Lipinski definition) is 1. The molecule has 6 aromatic rings. The lowest BCUT2D eigenvalue weighted by Crippen LogP contribution is -2.29. The van der Waals surface area contributed by atoms with Gasteiger partial charge in [0.15, 0.2) is 0 Å². The molecule has 248 valence electrons. The Morgan fingerprint density at radius 3 is 2.16 bits per heavy atom. The van der Waals surface area contributed by atoms with Crippen LogP contribution in [-0.4, -0.2) is 44.4 Å². The molecule has 1 amide bonds. The molecule has 0 saturated heterocycles. The lowest BCUT2D eigenvalue weighted by Gasteiger charge is -2.18. The van der Waals surface area contributed by atoms with Gasteiger partial charge in [0.1, 0.15) is 17.2 Å². The topological polar surface area (TPSA) is 97.9 Å². The van der Waals surface area contributed by atoms with E-state index in [0.29, 0.717) is 34.7 Å². The number of carbonyl (C=O) groups is 2. The Hall–Kier alpha value is -5.94. The van der Waals surface area contributed by atoms with Gasteiger partial charge in [-0.2, -0.15) is 0 Å². The number of imidazole rings is 1. The van der Waals surface area contributed by atoms with Gasteiger partial charge in [0.2, 0.25) is 5.78 Å². The lowest BCUT2D eigenvalue weighted by atomic mass is 10.1. The van der Waals surface area contributed by atoms with Gasteiger partial charge in [0.25, 0.3) is 11.5 Å². The zero-order chi connectivity index (χ0) is 34.5. The van der Waals surface area contributed by atoms with Crippen molar-refractivity contribution in [2.75, 3.05) is 19.0 Å². The molecule has 0 bridgehead atoms. The highest BCUT2D eigenvalue weighted by atomic mass is 19.1. The summed E-state index contributed by atoms with van der Waals surface area (Å²) >= 11 is 0. The van der Waals surface area contributed by atoms with Crippen molar-refractivity contribution in [2.24, 2.45) is 0 Å². The van der Waals surface area contributed by atoms with Gasteiger partial charge in [-0.25, -0.2) is 23.0 Å². The van der Waals surface area contributed by atoms with Crippen molar-refractivity contribution >= 4 is 23.3 Å². The van der Waals surface area contributed by atoms with E-state index in [4.69, 9.17) is 9.72 Å². The van der Waals surface area contributed by atoms with Gasteiger partial charge in [-0.3, -0.25) is 14.5 Å². The molecule has 0 fully saturated rings. The monoisotopic (exact) mass is 661 g/mol. The first-order valence-corrected chi connectivity index (χ1v) is 15.7. The first-order chi connectivity index (χ1) is 23.7. The Morgan fingerprint density at radius 1 is 0.857 bits per heavy atom. The van der Waals surface area contributed by atoms with Gasteiger partial charge in [0, 0.05) is 41.7 Å². The van der Waals surface area contributed by atoms with Gasteiger partial charge in [-0.05, 0) is 55.9 Å². The number of esters is 1. The van der Waals surface area contributed by atoms with Crippen LogP contribution in [0.15, 0.2) is 114 Å². The molecule has 0 radical (unpaired) electrons. The van der Waals surface area contributed by atoms with Crippen LogP contribution in [0.25, 0.3) is 17.0 Å². The number of ether oxygens (including phenoxy) is 1. The van der Waals surface area contributed by atoms with E-state index < -0.39 is 23.2 Å². The number of anilines is 1. The van der Waals surface area contributed by atoms with Crippen LogP contribution in [0.3, 0.4) is 0 Å². The third-order valence-corrected chi connectivity index (χ3v) is 7.98. The van der Waals surface area contributed by atoms with Crippen LogP contribution in [-0.2, 0) is 24.4 Å². The molecule has 6 rings (SSSR count). The van der Waals surface area contributed by atoms with E-state index in [-0.39, 0.29) is 42.5 Å². The van der Waals surface area contributed by atoms with Crippen LogP contribution in [0.2, 0.25) is 0 Å². The highest BCUT2D eigenvalue weighted by molar-refractivity contribution is 6.04. The molecule has 0 aliphatic rings. The summed E-state index contributed by atoms with van der Waals surface area (Å²) in [6.45, 7) is 2.04. The van der Waals surface area contributed by atoms with Gasteiger partial charge in [-0.1, -0.05) is 66.7 Å². The molecular weight excluding hydrogens is 628 g/mol. The van der Waals surface area contributed by atoms with Gasteiger partial charge < -0.3 is 14.6 Å². The van der Waals surface area contributed by atoms with Gasteiger partial charge in [-0.15, -0.1) is 0 Å². The molecule has 4 aromatic carbocycles. The molecule has 2 aromatic heterocycles. The predicted molar refractivity (Wildman–Crippen MR) is 182 cm³/mol. The van der Waals surface area contributed by atoms with E-state index in [1.54, 1.807) is 55.5 Å². The molecule has 2 heterocycles. The van der Waals surface area contributed by atoms with E-state index in [1.165, 1.54) is 21.2 Å². The Labute approximate surface area is 281 Å². The summed E-state index contributed by atoms with van der Waals surface area (Å²) in [5, 5.41) is 2.88. The fraction of sp³-hybridized carbons (Fsp3) is 0.158. The van der Waals surface area contributed by atoms with Gasteiger partial charge >= 0.3 is 5.97 Å². The maximum absolute atomic E-state index is 14.9. The normalized spacial score (nSPS) is 11.2. The molecule has 0 spiro atoms. The Kier molecular flexibility index (Phi) is 9.72. The summed E-state index contributed by atoms with van der Waals surface area (Å²) in [5.74, 6) is -2.61. The van der Waals surface area contributed by atoms with Crippen molar-refractivity contribution in [3.63, 3.8) is 0 Å². The SMILES string of the molecule is CCOC(=O)c1cn(Cc2c(F)cccc2F)c2nc(-c3ccc(NC(=O)c4ccccc4)cc3)c(CN(C)Cc3ccccc3)n2c1=O. The molecule has 11 heteroatoms. The summed E-state index contributed by atoms with van der Waals surface area (Å²) in [4.78, 5) is 46.8. The molecule has 0 saturated carbocycles. The van der Waals surface area contributed by atoms with Crippen molar-refractivity contribution < 1.29 is 23.1 Å². The number of benzene rings is 4. The van der Waals surface area contributed by atoms with Crippen LogP contribution < -0.4 is 10.9 Å². The number of fused-ring (bicyclic) bond motifs is 1. The number of nitrogens with zero attached hydrogens (tertiary/aromatic N) is 4. The zero-order valence-corrected chi connectivity index (χ0v) is 26.9. The number of amides is 1. The second-order valence-corrected chi connectivity index (χ2v) is 11.5. The summed E-state index contributed by atoms with van der Waals surface area (Å²) in [6.07, 6.45) is 1.23. The number of hydrogen-bond acceptors (Lipinski definition) is 6. The highest BCUT2D eigenvalue weighted by Crippen LogP contribution is 2.28. The first kappa shape index (κ1) is 33.0. The van der Waals surface area contributed by atoms with Crippen molar-refractivity contribution in [1.82, 2.24) is 18.9 Å². The number of carbonyl (C=O) groups excluding carboxylic acids is 2. The minimum Gasteiger partial charge on any atom is -0.462 e. The molecule has 0 unspecified atom stereocenters. The third kappa shape index (κ3) is 7.16. The van der Waals surface area contributed by atoms with E-state index in [0.717, 1.165) is 17.7 Å². The van der Waals surface area contributed by atoms with Crippen LogP contribution >= 0.6 is 0 Å². The number of halogens is 2. The lowest BCUT2D eigenvalue weighted by molar-refractivity contribution is 0.0522. The fourth-order valence-electron chi connectivity index (χ4n) is 5.64. The number of nitrogens with one attached hydrogen (secondary N) is 1. The van der Waals surface area contributed by atoms with Crippen LogP contribution in [0.5, 0.6) is 0 Å². The second kappa shape index (κ2) is 14.4. The first-order valence-electron chi connectivity index (χ1n) is 15.7. The number of rotatable bonds is 11. The Morgan fingerprint density at radius 2 is 1.51 bits per heavy atom. The average Bonchev–Trinajstić information content (AvgIpc) is 3.48. The average molecular weight is 662 g/mol. The summed E-state index contributed by atoms with van der Waals surface area (Å²) in [7, 11) is 1.89. The molecule has 0 aliphatic carbocycles. The molecule has 0 atom stereocenters. The quantitative estimate of drug-likeness (QED) is 0.158. The van der Waals surface area contributed by atoms with Crippen LogP contribution in [0, 0.1) is 11.6 Å². The molecular formula is C38H33F2N5O4. The standard InChI is InChI=1S/C38H33F2N5O4/c1-3-49-37(48)30-23-44(22-29-31(39)15-10-16-32(29)40)38-42-34(26-17-19-28(20-18-26)41-35(46)27-13-8-5-9-14-27)33(45(38)36(30)47)24-43(2)21-25-11-6-4-7-12-25/h4-20,23H,3,21-22,24H2,1-2H3,(H,41,46). The smallest absolute Gasteiger partial charge is 0.345 e. The van der Waals surface area contributed by atoms with E-state index >= 15 is 0 Å². The molecule has 0 aliphatic heterocycles. The van der Waals surface area contributed by atoms with E-state index in [9.17, 15) is 23.2 Å². The Balaban J connectivity index is 1.49. The van der Waals surface area contributed by atoms with Crippen molar-refractivity contribution in [3.05, 3.63) is 159 Å². The van der Waals surface area contributed by atoms with Crippen molar-refractivity contribution in [3.8, 4) is 11.3 Å². The molecule has 49 heavy (non-hydrogen) atoms. The van der Waals surface area contributed by atoms with Crippen molar-refractivity contribution in [2.45, 2.75) is 26.6 Å². The summed E-state index contributed by atoms with van der Waals surface area (Å²) in [5.41, 5.74) is 2.34. The third-order valence-electron chi connectivity index (χ3n) is 7.98.